The van der Waals surface area contributed by atoms with Crippen LogP contribution in [0, 0.1) is 6.92 Å². The maximum absolute atomic E-state index is 13.1. The lowest BCUT2D eigenvalue weighted by Crippen LogP contribution is -2.30. The van der Waals surface area contributed by atoms with Crippen LogP contribution in [0.5, 0.6) is 0 Å². The second kappa shape index (κ2) is 10.2. The summed E-state index contributed by atoms with van der Waals surface area (Å²) in [6.07, 6.45) is 0.797. The number of benzene rings is 3. The maximum atomic E-state index is 13.1. The highest BCUT2D eigenvalue weighted by molar-refractivity contribution is 6.07. The molecule has 174 valence electrons. The van der Waals surface area contributed by atoms with Gasteiger partial charge in [-0.1, -0.05) is 42.0 Å². The number of urea groups is 1. The van der Waals surface area contributed by atoms with Crippen LogP contribution in [0.1, 0.15) is 44.3 Å². The Balaban J connectivity index is 1.43. The van der Waals surface area contributed by atoms with E-state index in [2.05, 4.69) is 10.6 Å². The molecule has 0 bridgehead atoms. The number of amides is 3. The zero-order valence-corrected chi connectivity index (χ0v) is 19.3. The van der Waals surface area contributed by atoms with E-state index in [0.29, 0.717) is 23.4 Å². The van der Waals surface area contributed by atoms with Gasteiger partial charge in [0, 0.05) is 24.3 Å². The number of rotatable bonds is 6. The first-order valence-corrected chi connectivity index (χ1v) is 11.3. The third-order valence-corrected chi connectivity index (χ3v) is 5.68. The Hall–Kier alpha value is -4.13. The molecule has 0 atom stereocenters. The Morgan fingerprint density at radius 2 is 1.82 bits per heavy atom. The number of anilines is 2. The molecule has 0 unspecified atom stereocenters. The minimum absolute atomic E-state index is 0.0270. The molecular weight excluding hydrogens is 430 g/mol. The SMILES string of the molecule is CCOC(=O)c1ccccc1NC(=O)NCc1ccc2c(c1)N(C(=O)c1cccc(C)c1)CC2. The summed E-state index contributed by atoms with van der Waals surface area (Å²) in [6.45, 7) is 4.85. The number of carbonyl (C=O) groups is 3. The molecule has 0 radical (unpaired) electrons. The predicted octanol–water partition coefficient (Wildman–Crippen LogP) is 4.70. The van der Waals surface area contributed by atoms with Gasteiger partial charge < -0.3 is 20.3 Å². The number of esters is 1. The lowest BCUT2D eigenvalue weighted by molar-refractivity contribution is 0.0527. The highest BCUT2D eigenvalue weighted by Crippen LogP contribution is 2.30. The molecule has 4 rings (SSSR count). The van der Waals surface area contributed by atoms with Crippen LogP contribution in [-0.4, -0.2) is 31.1 Å². The monoisotopic (exact) mass is 457 g/mol. The number of fused-ring (bicyclic) bond motifs is 1. The van der Waals surface area contributed by atoms with Crippen LogP contribution in [0.15, 0.2) is 66.7 Å². The Morgan fingerprint density at radius 3 is 2.62 bits per heavy atom. The van der Waals surface area contributed by atoms with E-state index in [1.165, 1.54) is 0 Å². The molecule has 0 aromatic heterocycles. The molecular formula is C27H27N3O4. The number of carbonyl (C=O) groups excluding carboxylic acids is 3. The van der Waals surface area contributed by atoms with Crippen LogP contribution in [0.4, 0.5) is 16.2 Å². The van der Waals surface area contributed by atoms with E-state index in [1.807, 2.05) is 49.4 Å². The second-order valence-electron chi connectivity index (χ2n) is 8.11. The van der Waals surface area contributed by atoms with E-state index in [9.17, 15) is 14.4 Å². The first-order valence-electron chi connectivity index (χ1n) is 11.3. The molecule has 0 aliphatic carbocycles. The van der Waals surface area contributed by atoms with Crippen LogP contribution in [0.25, 0.3) is 0 Å². The molecule has 1 aliphatic rings. The fourth-order valence-corrected chi connectivity index (χ4v) is 4.01. The van der Waals surface area contributed by atoms with Crippen LogP contribution in [0.2, 0.25) is 0 Å². The number of nitrogens with zero attached hydrogens (tertiary/aromatic N) is 1. The van der Waals surface area contributed by atoms with Crippen LogP contribution in [0.3, 0.4) is 0 Å². The van der Waals surface area contributed by atoms with Gasteiger partial charge in [-0.2, -0.15) is 0 Å². The number of ether oxygens (including phenoxy) is 1. The van der Waals surface area contributed by atoms with Gasteiger partial charge >= 0.3 is 12.0 Å². The van der Waals surface area contributed by atoms with Crippen molar-refractivity contribution in [2.75, 3.05) is 23.4 Å². The molecule has 0 saturated carbocycles. The van der Waals surface area contributed by atoms with E-state index < -0.39 is 12.0 Å². The van der Waals surface area contributed by atoms with Gasteiger partial charge in [-0.3, -0.25) is 4.79 Å². The molecule has 0 spiro atoms. The maximum Gasteiger partial charge on any atom is 0.340 e. The number of aryl methyl sites for hydroxylation is 1. The topological polar surface area (TPSA) is 87.7 Å². The lowest BCUT2D eigenvalue weighted by atomic mass is 10.1. The molecule has 3 aromatic carbocycles. The van der Waals surface area contributed by atoms with E-state index in [1.54, 1.807) is 36.1 Å². The smallest absolute Gasteiger partial charge is 0.340 e. The number of hydrogen-bond acceptors (Lipinski definition) is 4. The number of para-hydroxylation sites is 1. The van der Waals surface area contributed by atoms with Crippen LogP contribution in [-0.2, 0) is 17.7 Å². The first-order chi connectivity index (χ1) is 16.5. The van der Waals surface area contributed by atoms with E-state index >= 15 is 0 Å². The quantitative estimate of drug-likeness (QED) is 0.526. The lowest BCUT2D eigenvalue weighted by Gasteiger charge is -2.18. The molecule has 34 heavy (non-hydrogen) atoms. The van der Waals surface area contributed by atoms with E-state index in [0.717, 1.165) is 28.8 Å². The average Bonchev–Trinajstić information content (AvgIpc) is 3.26. The standard InChI is InChI=1S/C27H27N3O4/c1-3-34-26(32)22-9-4-5-10-23(22)29-27(33)28-17-19-11-12-20-13-14-30(24(20)16-19)25(31)21-8-6-7-18(2)15-21/h4-12,15-16H,3,13-14,17H2,1-2H3,(H2,28,29,33). The number of hydrogen-bond donors (Lipinski definition) is 2. The third kappa shape index (κ3) is 5.09. The van der Waals surface area contributed by atoms with Crippen molar-refractivity contribution < 1.29 is 19.1 Å². The highest BCUT2D eigenvalue weighted by atomic mass is 16.5. The summed E-state index contributed by atoms with van der Waals surface area (Å²) in [4.78, 5) is 39.5. The van der Waals surface area contributed by atoms with Gasteiger partial charge in [-0.15, -0.1) is 0 Å². The van der Waals surface area contributed by atoms with Gasteiger partial charge in [0.05, 0.1) is 17.9 Å². The highest BCUT2D eigenvalue weighted by Gasteiger charge is 2.26. The van der Waals surface area contributed by atoms with Gasteiger partial charge in [0.25, 0.3) is 5.91 Å². The molecule has 2 N–H and O–H groups in total. The summed E-state index contributed by atoms with van der Waals surface area (Å²) in [5.74, 6) is -0.517. The van der Waals surface area contributed by atoms with Crippen LogP contribution >= 0.6 is 0 Å². The molecule has 7 nitrogen and oxygen atoms in total. The molecule has 3 aromatic rings. The molecule has 0 fully saturated rings. The van der Waals surface area contributed by atoms with Crippen molar-refractivity contribution in [1.82, 2.24) is 5.32 Å². The van der Waals surface area contributed by atoms with Gasteiger partial charge in [0.2, 0.25) is 0 Å². The fraction of sp³-hybridized carbons (Fsp3) is 0.222. The first kappa shape index (κ1) is 23.0. The second-order valence-corrected chi connectivity index (χ2v) is 8.11. The minimum atomic E-state index is -0.490. The van der Waals surface area contributed by atoms with Gasteiger partial charge in [-0.25, -0.2) is 9.59 Å². The summed E-state index contributed by atoms with van der Waals surface area (Å²) in [5.41, 5.74) is 5.23. The normalized spacial score (nSPS) is 12.1. The predicted molar refractivity (Wildman–Crippen MR) is 131 cm³/mol. The Kier molecular flexibility index (Phi) is 6.92. The minimum Gasteiger partial charge on any atom is -0.462 e. The van der Waals surface area contributed by atoms with Crippen molar-refractivity contribution in [1.29, 1.82) is 0 Å². The summed E-state index contributed by atoms with van der Waals surface area (Å²) >= 11 is 0. The average molecular weight is 458 g/mol. The molecule has 3 amide bonds. The van der Waals surface area contributed by atoms with E-state index in [-0.39, 0.29) is 19.1 Å². The van der Waals surface area contributed by atoms with Gasteiger partial charge in [0.1, 0.15) is 0 Å². The van der Waals surface area contributed by atoms with Crippen molar-refractivity contribution in [2.45, 2.75) is 26.8 Å². The van der Waals surface area contributed by atoms with Crippen molar-refractivity contribution in [3.63, 3.8) is 0 Å². The number of nitrogens with one attached hydrogen (secondary N) is 2. The summed E-state index contributed by atoms with van der Waals surface area (Å²) in [5, 5.41) is 5.53. The van der Waals surface area contributed by atoms with Crippen molar-refractivity contribution >= 4 is 29.3 Å². The Bertz CT molecular complexity index is 1240. The zero-order chi connectivity index (χ0) is 24.1. The van der Waals surface area contributed by atoms with Gasteiger partial charge in [0.15, 0.2) is 0 Å². The van der Waals surface area contributed by atoms with Crippen molar-refractivity contribution in [3.8, 4) is 0 Å². The Morgan fingerprint density at radius 1 is 1.00 bits per heavy atom. The summed E-state index contributed by atoms with van der Waals surface area (Å²) in [7, 11) is 0. The summed E-state index contributed by atoms with van der Waals surface area (Å²) < 4.78 is 5.05. The molecule has 7 heteroatoms. The largest absolute Gasteiger partial charge is 0.462 e. The Labute approximate surface area is 198 Å². The van der Waals surface area contributed by atoms with Crippen molar-refractivity contribution in [3.05, 3.63) is 94.5 Å². The summed E-state index contributed by atoms with van der Waals surface area (Å²) in [6, 6.07) is 19.7. The molecule has 1 aliphatic heterocycles. The fourth-order valence-electron chi connectivity index (χ4n) is 4.01. The molecule has 0 saturated heterocycles. The van der Waals surface area contributed by atoms with Crippen molar-refractivity contribution in [2.24, 2.45) is 0 Å². The van der Waals surface area contributed by atoms with Crippen LogP contribution < -0.4 is 15.5 Å². The van der Waals surface area contributed by atoms with E-state index in [4.69, 9.17) is 4.74 Å². The molecule has 1 heterocycles. The third-order valence-electron chi connectivity index (χ3n) is 5.68. The zero-order valence-electron chi connectivity index (χ0n) is 19.3. The van der Waals surface area contributed by atoms with Gasteiger partial charge in [-0.05, 0) is 61.7 Å².